The standard InChI is InChI=1S/C16H27NO2/c1-13-10-16(19-14(13)2)12-17-8-4-6-15(11-17)7-5-9-18-3/h10,15H,4-9,11-12H2,1-3H3. The Kier molecular flexibility index (Phi) is 5.46. The highest BCUT2D eigenvalue weighted by molar-refractivity contribution is 5.18. The first-order chi connectivity index (χ1) is 9.19. The molecule has 108 valence electrons. The van der Waals surface area contributed by atoms with Gasteiger partial charge in [-0.25, -0.2) is 0 Å². The quantitative estimate of drug-likeness (QED) is 0.736. The maximum absolute atomic E-state index is 5.79. The van der Waals surface area contributed by atoms with Crippen LogP contribution in [0.3, 0.4) is 0 Å². The molecule has 1 saturated heterocycles. The molecule has 1 aliphatic rings. The van der Waals surface area contributed by atoms with E-state index in [9.17, 15) is 0 Å². The zero-order valence-corrected chi connectivity index (χ0v) is 12.6. The Balaban J connectivity index is 1.80. The number of hydrogen-bond donors (Lipinski definition) is 0. The second-order valence-electron chi connectivity index (χ2n) is 5.83. The van der Waals surface area contributed by atoms with E-state index in [4.69, 9.17) is 9.15 Å². The second-order valence-corrected chi connectivity index (χ2v) is 5.83. The van der Waals surface area contributed by atoms with Crippen molar-refractivity contribution in [2.45, 2.75) is 46.1 Å². The van der Waals surface area contributed by atoms with E-state index < -0.39 is 0 Å². The molecule has 0 bridgehead atoms. The first kappa shape index (κ1) is 14.6. The maximum atomic E-state index is 5.79. The molecule has 0 aliphatic carbocycles. The van der Waals surface area contributed by atoms with E-state index in [0.29, 0.717) is 0 Å². The van der Waals surface area contributed by atoms with Crippen molar-refractivity contribution in [3.63, 3.8) is 0 Å². The van der Waals surface area contributed by atoms with Gasteiger partial charge >= 0.3 is 0 Å². The minimum atomic E-state index is 0.834. The summed E-state index contributed by atoms with van der Waals surface area (Å²) in [4.78, 5) is 2.54. The molecule has 0 spiro atoms. The largest absolute Gasteiger partial charge is 0.465 e. The van der Waals surface area contributed by atoms with Crippen molar-refractivity contribution in [2.75, 3.05) is 26.8 Å². The van der Waals surface area contributed by atoms with Gasteiger partial charge in [-0.3, -0.25) is 4.90 Å². The zero-order valence-electron chi connectivity index (χ0n) is 12.6. The van der Waals surface area contributed by atoms with Crippen molar-refractivity contribution >= 4 is 0 Å². The van der Waals surface area contributed by atoms with Crippen LogP contribution in [-0.4, -0.2) is 31.7 Å². The van der Waals surface area contributed by atoms with Crippen molar-refractivity contribution in [3.05, 3.63) is 23.2 Å². The predicted molar refractivity (Wildman–Crippen MR) is 77.3 cm³/mol. The molecule has 0 N–H and O–H groups in total. The average molecular weight is 265 g/mol. The Morgan fingerprint density at radius 3 is 2.95 bits per heavy atom. The molecule has 1 fully saturated rings. The number of likely N-dealkylation sites (tertiary alicyclic amines) is 1. The lowest BCUT2D eigenvalue weighted by Gasteiger charge is -2.32. The Morgan fingerprint density at radius 2 is 2.26 bits per heavy atom. The Morgan fingerprint density at radius 1 is 1.42 bits per heavy atom. The fraction of sp³-hybridized carbons (Fsp3) is 0.750. The average Bonchev–Trinajstić information content (AvgIpc) is 2.69. The van der Waals surface area contributed by atoms with Gasteiger partial charge < -0.3 is 9.15 Å². The highest BCUT2D eigenvalue weighted by Crippen LogP contribution is 2.23. The van der Waals surface area contributed by atoms with Crippen LogP contribution in [0.1, 0.15) is 42.8 Å². The minimum absolute atomic E-state index is 0.834. The Hall–Kier alpha value is -0.800. The van der Waals surface area contributed by atoms with Crippen LogP contribution in [0.4, 0.5) is 0 Å². The lowest BCUT2D eigenvalue weighted by atomic mass is 9.93. The Bertz CT molecular complexity index is 367. The molecular formula is C16H27NO2. The number of ether oxygens (including phenoxy) is 1. The second kappa shape index (κ2) is 7.11. The van der Waals surface area contributed by atoms with Crippen LogP contribution in [0.15, 0.2) is 10.5 Å². The smallest absolute Gasteiger partial charge is 0.118 e. The molecule has 1 aliphatic heterocycles. The number of furan rings is 1. The molecule has 2 rings (SSSR count). The van der Waals surface area contributed by atoms with Gasteiger partial charge in [-0.15, -0.1) is 0 Å². The van der Waals surface area contributed by atoms with Gasteiger partial charge in [0.25, 0.3) is 0 Å². The summed E-state index contributed by atoms with van der Waals surface area (Å²) in [5.74, 6) is 3.01. The van der Waals surface area contributed by atoms with Crippen LogP contribution < -0.4 is 0 Å². The highest BCUT2D eigenvalue weighted by Gasteiger charge is 2.20. The molecule has 1 aromatic rings. The predicted octanol–water partition coefficient (Wildman–Crippen LogP) is 3.54. The van der Waals surface area contributed by atoms with Gasteiger partial charge in [0.2, 0.25) is 0 Å². The molecular weight excluding hydrogens is 238 g/mol. The van der Waals surface area contributed by atoms with Crippen LogP contribution >= 0.6 is 0 Å². The first-order valence-electron chi connectivity index (χ1n) is 7.46. The van der Waals surface area contributed by atoms with E-state index in [1.807, 2.05) is 6.92 Å². The molecule has 1 aromatic heterocycles. The van der Waals surface area contributed by atoms with Gasteiger partial charge in [0.1, 0.15) is 11.5 Å². The number of methoxy groups -OCH3 is 1. The number of nitrogens with zero attached hydrogens (tertiary/aromatic N) is 1. The summed E-state index contributed by atoms with van der Waals surface area (Å²) in [6, 6.07) is 2.18. The van der Waals surface area contributed by atoms with Crippen LogP contribution in [-0.2, 0) is 11.3 Å². The van der Waals surface area contributed by atoms with Gasteiger partial charge in [0.15, 0.2) is 0 Å². The highest BCUT2D eigenvalue weighted by atomic mass is 16.5. The van der Waals surface area contributed by atoms with Crippen molar-refractivity contribution in [1.29, 1.82) is 0 Å². The summed E-state index contributed by atoms with van der Waals surface area (Å²) in [6.07, 6.45) is 5.17. The van der Waals surface area contributed by atoms with Gasteiger partial charge in [0, 0.05) is 20.3 Å². The van der Waals surface area contributed by atoms with Crippen molar-refractivity contribution in [2.24, 2.45) is 5.92 Å². The third-order valence-corrected chi connectivity index (χ3v) is 4.16. The van der Waals surface area contributed by atoms with Crippen LogP contribution in [0.25, 0.3) is 0 Å². The topological polar surface area (TPSA) is 25.6 Å². The van der Waals surface area contributed by atoms with Gasteiger partial charge in [0.05, 0.1) is 6.54 Å². The molecule has 0 saturated carbocycles. The number of hydrogen-bond acceptors (Lipinski definition) is 3. The van der Waals surface area contributed by atoms with Crippen LogP contribution in [0.2, 0.25) is 0 Å². The van der Waals surface area contributed by atoms with E-state index in [1.54, 1.807) is 7.11 Å². The third-order valence-electron chi connectivity index (χ3n) is 4.16. The minimum Gasteiger partial charge on any atom is -0.465 e. The summed E-state index contributed by atoms with van der Waals surface area (Å²) in [7, 11) is 1.79. The molecule has 19 heavy (non-hydrogen) atoms. The first-order valence-corrected chi connectivity index (χ1v) is 7.46. The van der Waals surface area contributed by atoms with E-state index in [2.05, 4.69) is 17.9 Å². The molecule has 3 nitrogen and oxygen atoms in total. The van der Waals surface area contributed by atoms with Crippen molar-refractivity contribution in [3.8, 4) is 0 Å². The fourth-order valence-corrected chi connectivity index (χ4v) is 2.99. The zero-order chi connectivity index (χ0) is 13.7. The summed E-state index contributed by atoms with van der Waals surface area (Å²) >= 11 is 0. The summed E-state index contributed by atoms with van der Waals surface area (Å²) in [5, 5.41) is 0. The molecule has 1 unspecified atom stereocenters. The fourth-order valence-electron chi connectivity index (χ4n) is 2.99. The molecule has 0 radical (unpaired) electrons. The Labute approximate surface area is 116 Å². The monoisotopic (exact) mass is 265 g/mol. The van der Waals surface area contributed by atoms with E-state index >= 15 is 0 Å². The molecule has 0 aromatic carbocycles. The maximum Gasteiger partial charge on any atom is 0.118 e. The molecule has 1 atom stereocenters. The van der Waals surface area contributed by atoms with Gasteiger partial charge in [-0.05, 0) is 63.6 Å². The normalized spacial score (nSPS) is 20.9. The van der Waals surface area contributed by atoms with E-state index in [-0.39, 0.29) is 0 Å². The third kappa shape index (κ3) is 4.36. The number of aryl methyl sites for hydroxylation is 2. The summed E-state index contributed by atoms with van der Waals surface area (Å²) in [6.45, 7) is 8.44. The van der Waals surface area contributed by atoms with E-state index in [1.165, 1.54) is 44.3 Å². The lowest BCUT2D eigenvalue weighted by Crippen LogP contribution is -2.34. The van der Waals surface area contributed by atoms with Gasteiger partial charge in [-0.2, -0.15) is 0 Å². The van der Waals surface area contributed by atoms with Crippen molar-refractivity contribution < 1.29 is 9.15 Å². The van der Waals surface area contributed by atoms with E-state index in [0.717, 1.165) is 30.6 Å². The summed E-state index contributed by atoms with van der Waals surface area (Å²) in [5.41, 5.74) is 1.27. The van der Waals surface area contributed by atoms with Crippen LogP contribution in [0, 0.1) is 19.8 Å². The summed E-state index contributed by atoms with van der Waals surface area (Å²) < 4.78 is 10.9. The molecule has 2 heterocycles. The van der Waals surface area contributed by atoms with Crippen molar-refractivity contribution in [1.82, 2.24) is 4.90 Å². The lowest BCUT2D eigenvalue weighted by molar-refractivity contribution is 0.136. The number of rotatable bonds is 6. The van der Waals surface area contributed by atoms with Gasteiger partial charge in [-0.1, -0.05) is 0 Å². The molecule has 3 heteroatoms. The van der Waals surface area contributed by atoms with Crippen LogP contribution in [0.5, 0.6) is 0 Å². The number of piperidine rings is 1. The SMILES string of the molecule is COCCCC1CCCN(Cc2cc(C)c(C)o2)C1. The molecule has 0 amide bonds.